The maximum Gasteiger partial charge on any atom is 0.265 e. The molecule has 1 N–H and O–H groups in total. The molecule has 31 heavy (non-hydrogen) atoms. The standard InChI is InChI=1S/C21H26N4O4S2/c1-14(2)13-25-21-18(15(3)23-25)12-19(30-21)20(26)22-16-4-6-17(7-5-16)31(27,28)24-8-10-29-11-9-24/h4-7,12,14H,8-11,13H2,1-3H3,(H,22,26). The number of thiophene rings is 1. The van der Waals surface area contributed by atoms with E-state index < -0.39 is 10.0 Å². The van der Waals surface area contributed by atoms with Crippen LogP contribution in [0.25, 0.3) is 10.2 Å². The third-order valence-electron chi connectivity index (χ3n) is 5.09. The average molecular weight is 463 g/mol. The summed E-state index contributed by atoms with van der Waals surface area (Å²) in [6, 6.07) is 8.15. The van der Waals surface area contributed by atoms with Gasteiger partial charge in [-0.25, -0.2) is 8.42 Å². The van der Waals surface area contributed by atoms with Crippen LogP contribution in [0.1, 0.15) is 29.2 Å². The third kappa shape index (κ3) is 4.52. The van der Waals surface area contributed by atoms with Crippen LogP contribution in [0.15, 0.2) is 35.2 Å². The highest BCUT2D eigenvalue weighted by Crippen LogP contribution is 2.29. The van der Waals surface area contributed by atoms with Gasteiger partial charge in [-0.15, -0.1) is 11.3 Å². The molecule has 166 valence electrons. The molecule has 1 aliphatic heterocycles. The lowest BCUT2D eigenvalue weighted by atomic mass is 10.2. The number of rotatable bonds is 6. The number of carbonyl (C=O) groups excluding carboxylic acids is 1. The maximum atomic E-state index is 12.8. The van der Waals surface area contributed by atoms with Gasteiger partial charge in [-0.3, -0.25) is 9.48 Å². The van der Waals surface area contributed by atoms with Gasteiger partial charge < -0.3 is 10.1 Å². The molecule has 1 aliphatic rings. The van der Waals surface area contributed by atoms with Crippen LogP contribution in [-0.2, 0) is 21.3 Å². The molecule has 1 saturated heterocycles. The molecule has 2 aromatic heterocycles. The minimum absolute atomic E-state index is 0.207. The van der Waals surface area contributed by atoms with Gasteiger partial charge in [-0.2, -0.15) is 9.40 Å². The van der Waals surface area contributed by atoms with E-state index in [0.29, 0.717) is 42.8 Å². The topological polar surface area (TPSA) is 93.5 Å². The van der Waals surface area contributed by atoms with Crippen molar-refractivity contribution in [2.45, 2.75) is 32.2 Å². The first kappa shape index (κ1) is 21.9. The van der Waals surface area contributed by atoms with Gasteiger partial charge >= 0.3 is 0 Å². The summed E-state index contributed by atoms with van der Waals surface area (Å²) in [4.78, 5) is 14.6. The fraction of sp³-hybridized carbons (Fsp3) is 0.429. The van der Waals surface area contributed by atoms with Crippen molar-refractivity contribution >= 4 is 43.2 Å². The van der Waals surface area contributed by atoms with E-state index in [2.05, 4.69) is 24.3 Å². The van der Waals surface area contributed by atoms with Crippen LogP contribution >= 0.6 is 11.3 Å². The van der Waals surface area contributed by atoms with E-state index in [1.165, 1.54) is 27.8 Å². The predicted molar refractivity (Wildman–Crippen MR) is 121 cm³/mol. The number of nitrogens with one attached hydrogen (secondary N) is 1. The molecule has 0 spiro atoms. The van der Waals surface area contributed by atoms with E-state index in [-0.39, 0.29) is 10.8 Å². The number of aryl methyl sites for hydroxylation is 1. The quantitative estimate of drug-likeness (QED) is 0.606. The fourth-order valence-corrected chi connectivity index (χ4v) is 6.01. The van der Waals surface area contributed by atoms with Gasteiger partial charge in [0.2, 0.25) is 10.0 Å². The molecule has 4 rings (SSSR count). The van der Waals surface area contributed by atoms with Crippen molar-refractivity contribution in [2.75, 3.05) is 31.6 Å². The third-order valence-corrected chi connectivity index (χ3v) is 8.15. The van der Waals surface area contributed by atoms with Crippen molar-refractivity contribution in [2.24, 2.45) is 5.92 Å². The van der Waals surface area contributed by atoms with Crippen LogP contribution < -0.4 is 5.32 Å². The largest absolute Gasteiger partial charge is 0.379 e. The van der Waals surface area contributed by atoms with Crippen LogP contribution in [0.5, 0.6) is 0 Å². The van der Waals surface area contributed by atoms with Crippen molar-refractivity contribution in [3.8, 4) is 0 Å². The van der Waals surface area contributed by atoms with Crippen LogP contribution in [0.2, 0.25) is 0 Å². The molecule has 8 nitrogen and oxygen atoms in total. The van der Waals surface area contributed by atoms with Crippen LogP contribution in [-0.4, -0.2) is 54.7 Å². The molecule has 0 bridgehead atoms. The number of benzene rings is 1. The fourth-order valence-electron chi connectivity index (χ4n) is 3.53. The summed E-state index contributed by atoms with van der Waals surface area (Å²) in [5.41, 5.74) is 1.45. The van der Waals surface area contributed by atoms with Crippen molar-refractivity contribution in [1.82, 2.24) is 14.1 Å². The van der Waals surface area contributed by atoms with E-state index >= 15 is 0 Å². The Balaban J connectivity index is 1.50. The second-order valence-electron chi connectivity index (χ2n) is 7.99. The molecular weight excluding hydrogens is 436 g/mol. The number of sulfonamides is 1. The lowest BCUT2D eigenvalue weighted by Gasteiger charge is -2.26. The number of nitrogens with zero attached hydrogens (tertiary/aromatic N) is 3. The zero-order chi connectivity index (χ0) is 22.2. The Bertz CT molecular complexity index is 1190. The minimum atomic E-state index is -3.56. The first-order chi connectivity index (χ1) is 14.8. The van der Waals surface area contributed by atoms with Crippen LogP contribution in [0.4, 0.5) is 5.69 Å². The number of morpholine rings is 1. The molecule has 3 heterocycles. The maximum absolute atomic E-state index is 12.8. The summed E-state index contributed by atoms with van der Waals surface area (Å²) in [5.74, 6) is 0.231. The number of ether oxygens (including phenoxy) is 1. The van der Waals surface area contributed by atoms with Gasteiger partial charge in [0, 0.05) is 30.7 Å². The average Bonchev–Trinajstić information content (AvgIpc) is 3.30. The second kappa shape index (κ2) is 8.70. The molecule has 0 aliphatic carbocycles. The van der Waals surface area contributed by atoms with Crippen molar-refractivity contribution in [3.63, 3.8) is 0 Å². The normalized spacial score (nSPS) is 15.6. The Kier molecular flexibility index (Phi) is 6.16. The monoisotopic (exact) mass is 462 g/mol. The van der Waals surface area contributed by atoms with Gasteiger partial charge in [0.15, 0.2) is 0 Å². The van der Waals surface area contributed by atoms with Crippen LogP contribution in [0, 0.1) is 12.8 Å². The number of anilines is 1. The molecule has 3 aromatic rings. The highest BCUT2D eigenvalue weighted by Gasteiger charge is 2.26. The first-order valence-electron chi connectivity index (χ1n) is 10.2. The lowest BCUT2D eigenvalue weighted by Crippen LogP contribution is -2.40. The Morgan fingerprint density at radius 3 is 2.55 bits per heavy atom. The number of fused-ring (bicyclic) bond motifs is 1. The van der Waals surface area contributed by atoms with E-state index in [4.69, 9.17) is 4.74 Å². The lowest BCUT2D eigenvalue weighted by molar-refractivity contribution is 0.0730. The van der Waals surface area contributed by atoms with E-state index in [0.717, 1.165) is 22.5 Å². The second-order valence-corrected chi connectivity index (χ2v) is 11.0. The molecule has 0 radical (unpaired) electrons. The summed E-state index contributed by atoms with van der Waals surface area (Å²) in [6.07, 6.45) is 0. The Morgan fingerprint density at radius 1 is 1.23 bits per heavy atom. The number of hydrogen-bond donors (Lipinski definition) is 1. The predicted octanol–water partition coefficient (Wildman–Crippen LogP) is 3.34. The number of carbonyl (C=O) groups is 1. The first-order valence-corrected chi connectivity index (χ1v) is 12.5. The van der Waals surface area contributed by atoms with Crippen LogP contribution in [0.3, 0.4) is 0 Å². The Labute approximate surface area is 185 Å². The molecule has 0 unspecified atom stereocenters. The highest BCUT2D eigenvalue weighted by atomic mass is 32.2. The van der Waals surface area contributed by atoms with Gasteiger partial charge in [0.25, 0.3) is 5.91 Å². The molecule has 1 amide bonds. The van der Waals surface area contributed by atoms with Gasteiger partial charge in [-0.1, -0.05) is 13.8 Å². The number of aromatic nitrogens is 2. The zero-order valence-electron chi connectivity index (χ0n) is 17.8. The van der Waals surface area contributed by atoms with E-state index in [1.54, 1.807) is 12.1 Å². The number of hydrogen-bond acceptors (Lipinski definition) is 6. The van der Waals surface area contributed by atoms with Crippen molar-refractivity contribution in [1.29, 1.82) is 0 Å². The summed E-state index contributed by atoms with van der Waals surface area (Å²) in [6.45, 7) is 8.50. The Morgan fingerprint density at radius 2 is 1.90 bits per heavy atom. The summed E-state index contributed by atoms with van der Waals surface area (Å²) in [7, 11) is -3.56. The molecular formula is C21H26N4O4S2. The Hall–Kier alpha value is -2.27. The van der Waals surface area contributed by atoms with Gasteiger partial charge in [-0.05, 0) is 43.2 Å². The van der Waals surface area contributed by atoms with E-state index in [1.807, 2.05) is 17.7 Å². The number of amides is 1. The van der Waals surface area contributed by atoms with Gasteiger partial charge in [0.1, 0.15) is 4.83 Å². The summed E-state index contributed by atoms with van der Waals surface area (Å²) < 4.78 is 34.1. The molecule has 0 saturated carbocycles. The molecule has 10 heteroatoms. The van der Waals surface area contributed by atoms with Gasteiger partial charge in [0.05, 0.1) is 28.7 Å². The zero-order valence-corrected chi connectivity index (χ0v) is 19.4. The van der Waals surface area contributed by atoms with Crippen molar-refractivity contribution < 1.29 is 17.9 Å². The van der Waals surface area contributed by atoms with E-state index in [9.17, 15) is 13.2 Å². The molecule has 1 aromatic carbocycles. The molecule has 1 fully saturated rings. The highest BCUT2D eigenvalue weighted by molar-refractivity contribution is 7.89. The smallest absolute Gasteiger partial charge is 0.265 e. The minimum Gasteiger partial charge on any atom is -0.379 e. The summed E-state index contributed by atoms with van der Waals surface area (Å²) in [5, 5.41) is 8.42. The van der Waals surface area contributed by atoms with Crippen molar-refractivity contribution in [3.05, 3.63) is 40.9 Å². The summed E-state index contributed by atoms with van der Waals surface area (Å²) >= 11 is 1.41. The molecule has 0 atom stereocenters. The SMILES string of the molecule is Cc1nn(CC(C)C)c2sc(C(=O)Nc3ccc(S(=O)(=O)N4CCOCC4)cc3)cc12.